The molecule has 0 fully saturated rings. The zero-order chi connectivity index (χ0) is 12.7. The molecule has 2 aromatic heterocycles. The smallest absolute Gasteiger partial charge is 0.137 e. The highest BCUT2D eigenvalue weighted by molar-refractivity contribution is 7.12. The lowest BCUT2D eigenvalue weighted by molar-refractivity contribution is 0.526. The van der Waals surface area contributed by atoms with Crippen molar-refractivity contribution in [1.29, 1.82) is 0 Å². The van der Waals surface area contributed by atoms with Crippen LogP contribution in [0.1, 0.15) is 27.1 Å². The largest absolute Gasteiger partial charge is 0.459 e. The molecule has 1 unspecified atom stereocenters. The van der Waals surface area contributed by atoms with Gasteiger partial charge in [0, 0.05) is 15.1 Å². The Kier molecular flexibility index (Phi) is 2.73. The van der Waals surface area contributed by atoms with Crippen molar-refractivity contribution < 1.29 is 4.42 Å². The van der Waals surface area contributed by atoms with Crippen molar-refractivity contribution in [2.45, 2.75) is 19.9 Å². The first-order chi connectivity index (χ1) is 8.65. The second-order valence-electron chi connectivity index (χ2n) is 4.57. The maximum atomic E-state index is 6.26. The molecule has 2 heterocycles. The molecule has 2 N–H and O–H groups in total. The topological polar surface area (TPSA) is 39.2 Å². The third-order valence-corrected chi connectivity index (χ3v) is 4.22. The molecule has 0 saturated carbocycles. The van der Waals surface area contributed by atoms with Crippen LogP contribution in [0.5, 0.6) is 0 Å². The van der Waals surface area contributed by atoms with E-state index in [-0.39, 0.29) is 6.04 Å². The van der Waals surface area contributed by atoms with Gasteiger partial charge in [-0.15, -0.1) is 11.3 Å². The lowest BCUT2D eigenvalue weighted by atomic mass is 10.1. The van der Waals surface area contributed by atoms with E-state index >= 15 is 0 Å². The Morgan fingerprint density at radius 1 is 1.17 bits per heavy atom. The Morgan fingerprint density at radius 2 is 2.00 bits per heavy atom. The molecular weight excluding hydrogens is 242 g/mol. The fourth-order valence-electron chi connectivity index (χ4n) is 2.14. The molecule has 0 aliphatic carbocycles. The maximum absolute atomic E-state index is 6.26. The van der Waals surface area contributed by atoms with Crippen LogP contribution < -0.4 is 5.73 Å². The van der Waals surface area contributed by atoms with Crippen LogP contribution in [-0.2, 0) is 0 Å². The minimum Gasteiger partial charge on any atom is -0.459 e. The Balaban J connectivity index is 2.06. The van der Waals surface area contributed by atoms with E-state index in [0.717, 1.165) is 27.2 Å². The van der Waals surface area contributed by atoms with E-state index in [0.29, 0.717) is 0 Å². The Labute approximate surface area is 110 Å². The summed E-state index contributed by atoms with van der Waals surface area (Å²) in [6.45, 7) is 4.14. The molecule has 0 bridgehead atoms. The summed E-state index contributed by atoms with van der Waals surface area (Å²) in [5.41, 5.74) is 8.35. The number of thiophene rings is 1. The van der Waals surface area contributed by atoms with Gasteiger partial charge in [0.1, 0.15) is 11.3 Å². The first-order valence-electron chi connectivity index (χ1n) is 5.96. The van der Waals surface area contributed by atoms with Crippen LogP contribution in [0.4, 0.5) is 0 Å². The van der Waals surface area contributed by atoms with Crippen molar-refractivity contribution in [3.63, 3.8) is 0 Å². The van der Waals surface area contributed by atoms with E-state index in [9.17, 15) is 0 Å². The quantitative estimate of drug-likeness (QED) is 0.748. The first kappa shape index (κ1) is 11.5. The molecule has 92 valence electrons. The van der Waals surface area contributed by atoms with Gasteiger partial charge < -0.3 is 10.2 Å². The van der Waals surface area contributed by atoms with Gasteiger partial charge in [0.25, 0.3) is 0 Å². The van der Waals surface area contributed by atoms with E-state index in [2.05, 4.69) is 38.1 Å². The van der Waals surface area contributed by atoms with Crippen LogP contribution >= 0.6 is 11.3 Å². The van der Waals surface area contributed by atoms with E-state index in [1.54, 1.807) is 11.3 Å². The number of furan rings is 1. The number of hydrogen-bond acceptors (Lipinski definition) is 3. The number of fused-ring (bicyclic) bond motifs is 1. The number of benzene rings is 1. The summed E-state index contributed by atoms with van der Waals surface area (Å²) >= 11 is 1.72. The van der Waals surface area contributed by atoms with Crippen molar-refractivity contribution in [2.24, 2.45) is 5.73 Å². The molecule has 3 aromatic rings. The van der Waals surface area contributed by atoms with E-state index in [1.165, 1.54) is 4.88 Å². The summed E-state index contributed by atoms with van der Waals surface area (Å²) < 4.78 is 5.91. The average molecular weight is 257 g/mol. The number of nitrogens with two attached hydrogens (primary N) is 1. The fraction of sp³-hybridized carbons (Fsp3) is 0.200. The second-order valence-corrected chi connectivity index (χ2v) is 5.89. The zero-order valence-corrected chi connectivity index (χ0v) is 11.3. The summed E-state index contributed by atoms with van der Waals surface area (Å²) in [5.74, 6) is 0.834. The van der Waals surface area contributed by atoms with Crippen molar-refractivity contribution in [3.8, 4) is 0 Å². The molecule has 18 heavy (non-hydrogen) atoms. The summed E-state index contributed by atoms with van der Waals surface area (Å²) in [6, 6.07) is 12.2. The Bertz CT molecular complexity index is 695. The molecule has 1 aromatic carbocycles. The van der Waals surface area contributed by atoms with Gasteiger partial charge in [-0.25, -0.2) is 0 Å². The predicted molar refractivity (Wildman–Crippen MR) is 76.0 cm³/mol. The van der Waals surface area contributed by atoms with Gasteiger partial charge in [-0.2, -0.15) is 0 Å². The summed E-state index contributed by atoms with van der Waals surface area (Å²) in [6.07, 6.45) is 0. The van der Waals surface area contributed by atoms with Gasteiger partial charge in [-0.3, -0.25) is 0 Å². The van der Waals surface area contributed by atoms with E-state index < -0.39 is 0 Å². The SMILES string of the molecule is Cc1ccc(C(N)c2cc3cccc(C)c3o2)s1. The third-order valence-electron chi connectivity index (χ3n) is 3.13. The molecule has 3 rings (SSSR count). The molecular formula is C15H15NOS. The molecule has 3 heteroatoms. The van der Waals surface area contributed by atoms with Crippen molar-refractivity contribution in [1.82, 2.24) is 0 Å². The van der Waals surface area contributed by atoms with Gasteiger partial charge in [0.05, 0.1) is 6.04 Å². The van der Waals surface area contributed by atoms with Crippen molar-refractivity contribution in [3.05, 3.63) is 57.5 Å². The summed E-state index contributed by atoms with van der Waals surface area (Å²) in [4.78, 5) is 2.41. The summed E-state index contributed by atoms with van der Waals surface area (Å²) in [7, 11) is 0. The highest BCUT2D eigenvalue weighted by atomic mass is 32.1. The number of hydrogen-bond donors (Lipinski definition) is 1. The van der Waals surface area contributed by atoms with Crippen LogP contribution in [0.15, 0.2) is 40.8 Å². The molecule has 0 aliphatic heterocycles. The third kappa shape index (κ3) is 1.85. The normalized spacial score (nSPS) is 13.1. The van der Waals surface area contributed by atoms with Crippen LogP contribution in [-0.4, -0.2) is 0 Å². The number of para-hydroxylation sites is 1. The van der Waals surface area contributed by atoms with Crippen LogP contribution in [0.25, 0.3) is 11.0 Å². The van der Waals surface area contributed by atoms with Gasteiger partial charge in [0.2, 0.25) is 0 Å². The highest BCUT2D eigenvalue weighted by Crippen LogP contribution is 2.31. The average Bonchev–Trinajstić information content (AvgIpc) is 2.95. The lowest BCUT2D eigenvalue weighted by Gasteiger charge is -2.04. The van der Waals surface area contributed by atoms with E-state index in [1.807, 2.05) is 12.1 Å². The van der Waals surface area contributed by atoms with Crippen molar-refractivity contribution in [2.75, 3.05) is 0 Å². The first-order valence-corrected chi connectivity index (χ1v) is 6.78. The molecule has 0 radical (unpaired) electrons. The van der Waals surface area contributed by atoms with Crippen LogP contribution in [0.2, 0.25) is 0 Å². The molecule has 0 saturated heterocycles. The Morgan fingerprint density at radius 3 is 2.67 bits per heavy atom. The second kappa shape index (κ2) is 4.26. The number of aryl methyl sites for hydroxylation is 2. The van der Waals surface area contributed by atoms with Gasteiger partial charge in [0.15, 0.2) is 0 Å². The molecule has 1 atom stereocenters. The molecule has 0 aliphatic rings. The maximum Gasteiger partial charge on any atom is 0.137 e. The highest BCUT2D eigenvalue weighted by Gasteiger charge is 2.16. The lowest BCUT2D eigenvalue weighted by Crippen LogP contribution is -2.08. The van der Waals surface area contributed by atoms with Crippen LogP contribution in [0.3, 0.4) is 0 Å². The predicted octanol–water partition coefficient (Wildman–Crippen LogP) is 4.16. The van der Waals surface area contributed by atoms with Crippen LogP contribution in [0, 0.1) is 13.8 Å². The zero-order valence-electron chi connectivity index (χ0n) is 10.4. The van der Waals surface area contributed by atoms with Gasteiger partial charge in [-0.1, -0.05) is 18.2 Å². The summed E-state index contributed by atoms with van der Waals surface area (Å²) in [5, 5.41) is 1.12. The molecule has 0 spiro atoms. The van der Waals surface area contributed by atoms with Crippen molar-refractivity contribution >= 4 is 22.3 Å². The molecule has 2 nitrogen and oxygen atoms in total. The minimum atomic E-state index is -0.171. The fourth-order valence-corrected chi connectivity index (χ4v) is 3.03. The van der Waals surface area contributed by atoms with Gasteiger partial charge >= 0.3 is 0 Å². The minimum absolute atomic E-state index is 0.171. The number of rotatable bonds is 2. The monoisotopic (exact) mass is 257 g/mol. The Hall–Kier alpha value is -1.58. The van der Waals surface area contributed by atoms with Gasteiger partial charge in [-0.05, 0) is 37.6 Å². The molecule has 0 amide bonds. The van der Waals surface area contributed by atoms with E-state index in [4.69, 9.17) is 10.2 Å². The standard InChI is InChI=1S/C15H15NOS/c1-9-4-3-5-11-8-12(17-15(9)11)14(16)13-7-6-10(2)18-13/h3-8,14H,16H2,1-2H3.